The van der Waals surface area contributed by atoms with Gasteiger partial charge >= 0.3 is 0 Å². The number of sulfonamides is 1. The number of rotatable bonds is 3. The lowest BCUT2D eigenvalue weighted by Crippen LogP contribution is -2.14. The normalized spacial score (nSPS) is 11.5. The Morgan fingerprint density at radius 2 is 1.57 bits per heavy atom. The molecule has 0 spiro atoms. The number of halogens is 3. The highest BCUT2D eigenvalue weighted by Crippen LogP contribution is 2.32. The van der Waals surface area contributed by atoms with E-state index in [1.807, 2.05) is 19.9 Å². The fourth-order valence-electron chi connectivity index (χ4n) is 1.80. The van der Waals surface area contributed by atoms with Crippen LogP contribution in [-0.4, -0.2) is 8.42 Å². The van der Waals surface area contributed by atoms with Crippen LogP contribution in [0.15, 0.2) is 44.2 Å². The van der Waals surface area contributed by atoms with Crippen LogP contribution in [0, 0.1) is 19.7 Å². The molecule has 0 amide bonds. The van der Waals surface area contributed by atoms with E-state index in [0.29, 0.717) is 5.69 Å². The summed E-state index contributed by atoms with van der Waals surface area (Å²) in [5.41, 5.74) is 2.51. The molecule has 0 bridgehead atoms. The topological polar surface area (TPSA) is 46.2 Å². The van der Waals surface area contributed by atoms with Gasteiger partial charge in [0.25, 0.3) is 10.0 Å². The summed E-state index contributed by atoms with van der Waals surface area (Å²) in [7, 11) is -3.83. The highest BCUT2D eigenvalue weighted by molar-refractivity contribution is 9.11. The van der Waals surface area contributed by atoms with Crippen LogP contribution in [0.25, 0.3) is 0 Å². The summed E-state index contributed by atoms with van der Waals surface area (Å²) in [6.07, 6.45) is 0. The standard InChI is InChI=1S/C14H12Br2FNO2S/c1-8-3-4-11(5-9(8)2)18-21(19,20)14-12(15)6-10(17)7-13(14)16/h3-7,18H,1-2H3. The summed E-state index contributed by atoms with van der Waals surface area (Å²) < 4.78 is 41.0. The Morgan fingerprint density at radius 3 is 2.10 bits per heavy atom. The van der Waals surface area contributed by atoms with Gasteiger partial charge in [0.15, 0.2) is 0 Å². The van der Waals surface area contributed by atoms with E-state index >= 15 is 0 Å². The average molecular weight is 437 g/mol. The first-order chi connectivity index (χ1) is 9.70. The maximum absolute atomic E-state index is 13.2. The summed E-state index contributed by atoms with van der Waals surface area (Å²) in [5, 5.41) is 0. The third-order valence-corrected chi connectivity index (χ3v) is 6.25. The third-order valence-electron chi connectivity index (χ3n) is 2.99. The molecule has 7 heteroatoms. The predicted molar refractivity (Wildman–Crippen MR) is 88.5 cm³/mol. The number of anilines is 1. The molecule has 0 heterocycles. The van der Waals surface area contributed by atoms with Crippen molar-refractivity contribution < 1.29 is 12.8 Å². The summed E-state index contributed by atoms with van der Waals surface area (Å²) in [6, 6.07) is 7.49. The first-order valence-electron chi connectivity index (χ1n) is 5.95. The van der Waals surface area contributed by atoms with Gasteiger partial charge in [-0.2, -0.15) is 0 Å². The minimum atomic E-state index is -3.83. The van der Waals surface area contributed by atoms with Gasteiger partial charge in [-0.05, 0) is 81.1 Å². The summed E-state index contributed by atoms with van der Waals surface area (Å²) in [6.45, 7) is 3.84. The van der Waals surface area contributed by atoms with Crippen molar-refractivity contribution in [3.05, 3.63) is 56.2 Å². The Labute approximate surface area is 139 Å². The molecule has 3 nitrogen and oxygen atoms in total. The molecule has 0 fully saturated rings. The smallest absolute Gasteiger partial charge is 0.264 e. The highest BCUT2D eigenvalue weighted by atomic mass is 79.9. The fraction of sp³-hybridized carbons (Fsp3) is 0.143. The first kappa shape index (κ1) is 16.5. The fourth-order valence-corrected chi connectivity index (χ4v) is 5.38. The molecule has 0 aromatic heterocycles. The van der Waals surface area contributed by atoms with Gasteiger partial charge in [0.05, 0.1) is 0 Å². The monoisotopic (exact) mass is 435 g/mol. The van der Waals surface area contributed by atoms with E-state index < -0.39 is 15.8 Å². The van der Waals surface area contributed by atoms with Gasteiger partial charge in [0.2, 0.25) is 0 Å². The summed E-state index contributed by atoms with van der Waals surface area (Å²) >= 11 is 6.17. The highest BCUT2D eigenvalue weighted by Gasteiger charge is 2.22. The number of benzene rings is 2. The zero-order valence-electron chi connectivity index (χ0n) is 11.2. The Kier molecular flexibility index (Phi) is 4.75. The summed E-state index contributed by atoms with van der Waals surface area (Å²) in [5.74, 6) is -0.529. The Bertz CT molecular complexity index is 784. The first-order valence-corrected chi connectivity index (χ1v) is 9.02. The predicted octanol–water partition coefficient (Wildman–Crippen LogP) is 4.77. The maximum atomic E-state index is 13.2. The second-order valence-electron chi connectivity index (χ2n) is 4.60. The van der Waals surface area contributed by atoms with Crippen molar-refractivity contribution in [2.75, 3.05) is 4.72 Å². The molecule has 0 saturated heterocycles. The molecule has 0 atom stereocenters. The average Bonchev–Trinajstić information content (AvgIpc) is 2.31. The molecular weight excluding hydrogens is 425 g/mol. The molecule has 112 valence electrons. The van der Waals surface area contributed by atoms with Crippen LogP contribution in [0.2, 0.25) is 0 Å². The van der Waals surface area contributed by atoms with E-state index in [1.165, 1.54) is 0 Å². The lowest BCUT2D eigenvalue weighted by molar-refractivity contribution is 0.598. The molecule has 0 aliphatic carbocycles. The molecule has 2 aromatic rings. The lowest BCUT2D eigenvalue weighted by Gasteiger charge is -2.12. The minimum Gasteiger partial charge on any atom is -0.280 e. The van der Waals surface area contributed by atoms with Gasteiger partial charge in [0.1, 0.15) is 10.7 Å². The molecule has 0 saturated carbocycles. The van der Waals surface area contributed by atoms with Gasteiger partial charge < -0.3 is 0 Å². The van der Waals surface area contributed by atoms with Crippen LogP contribution in [0.3, 0.4) is 0 Å². The van der Waals surface area contributed by atoms with Crippen molar-refractivity contribution in [3.63, 3.8) is 0 Å². The van der Waals surface area contributed by atoms with E-state index in [0.717, 1.165) is 23.3 Å². The van der Waals surface area contributed by atoms with Crippen molar-refractivity contribution in [2.24, 2.45) is 0 Å². The van der Waals surface area contributed by atoms with Crippen LogP contribution < -0.4 is 4.72 Å². The third kappa shape index (κ3) is 3.64. The molecule has 0 aliphatic heterocycles. The number of nitrogens with one attached hydrogen (secondary N) is 1. The molecule has 0 radical (unpaired) electrons. The molecule has 21 heavy (non-hydrogen) atoms. The number of aryl methyl sites for hydroxylation is 2. The van der Waals surface area contributed by atoms with Gasteiger partial charge in [-0.1, -0.05) is 6.07 Å². The van der Waals surface area contributed by atoms with Crippen LogP contribution in [-0.2, 0) is 10.0 Å². The lowest BCUT2D eigenvalue weighted by atomic mass is 10.1. The molecule has 2 rings (SSSR count). The second kappa shape index (κ2) is 6.06. The summed E-state index contributed by atoms with van der Waals surface area (Å²) in [4.78, 5) is -0.0397. The molecule has 2 aromatic carbocycles. The van der Waals surface area contributed by atoms with Crippen LogP contribution in [0.4, 0.5) is 10.1 Å². The zero-order valence-corrected chi connectivity index (χ0v) is 15.2. The Balaban J connectivity index is 2.46. The SMILES string of the molecule is Cc1ccc(NS(=O)(=O)c2c(Br)cc(F)cc2Br)cc1C. The maximum Gasteiger partial charge on any atom is 0.264 e. The van der Waals surface area contributed by atoms with Gasteiger partial charge in [-0.3, -0.25) is 4.72 Å². The second-order valence-corrected chi connectivity index (χ2v) is 7.93. The van der Waals surface area contributed by atoms with Crippen molar-refractivity contribution in [1.29, 1.82) is 0 Å². The van der Waals surface area contributed by atoms with E-state index in [9.17, 15) is 12.8 Å². The Morgan fingerprint density at radius 1 is 1.00 bits per heavy atom. The number of hydrogen-bond donors (Lipinski definition) is 1. The van der Waals surface area contributed by atoms with Crippen molar-refractivity contribution >= 4 is 47.6 Å². The van der Waals surface area contributed by atoms with Gasteiger partial charge in [0, 0.05) is 14.6 Å². The quantitative estimate of drug-likeness (QED) is 0.753. The van der Waals surface area contributed by atoms with Gasteiger partial charge in [-0.25, -0.2) is 12.8 Å². The van der Waals surface area contributed by atoms with Crippen molar-refractivity contribution in [1.82, 2.24) is 0 Å². The van der Waals surface area contributed by atoms with E-state index in [-0.39, 0.29) is 13.8 Å². The molecular formula is C14H12Br2FNO2S. The van der Waals surface area contributed by atoms with Crippen molar-refractivity contribution in [3.8, 4) is 0 Å². The molecule has 0 aliphatic rings. The number of hydrogen-bond acceptors (Lipinski definition) is 2. The van der Waals surface area contributed by atoms with E-state index in [1.54, 1.807) is 12.1 Å². The van der Waals surface area contributed by atoms with Crippen LogP contribution in [0.1, 0.15) is 11.1 Å². The molecule has 0 unspecified atom stereocenters. The minimum absolute atomic E-state index is 0.0397. The van der Waals surface area contributed by atoms with Gasteiger partial charge in [-0.15, -0.1) is 0 Å². The van der Waals surface area contributed by atoms with E-state index in [2.05, 4.69) is 36.6 Å². The van der Waals surface area contributed by atoms with Crippen LogP contribution in [0.5, 0.6) is 0 Å². The zero-order chi connectivity index (χ0) is 15.8. The Hall–Kier alpha value is -0.920. The van der Waals surface area contributed by atoms with E-state index in [4.69, 9.17) is 0 Å². The largest absolute Gasteiger partial charge is 0.280 e. The molecule has 1 N–H and O–H groups in total. The van der Waals surface area contributed by atoms with Crippen molar-refractivity contribution in [2.45, 2.75) is 18.7 Å². The van der Waals surface area contributed by atoms with Crippen LogP contribution >= 0.6 is 31.9 Å².